The van der Waals surface area contributed by atoms with Gasteiger partial charge in [0.1, 0.15) is 0 Å². The second-order valence-electron chi connectivity index (χ2n) is 5.08. The summed E-state index contributed by atoms with van der Waals surface area (Å²) in [4.78, 5) is 16.0. The molecule has 1 aliphatic rings. The lowest BCUT2D eigenvalue weighted by molar-refractivity contribution is -0.129. The van der Waals surface area contributed by atoms with Crippen LogP contribution in [0.15, 0.2) is 65.3 Å². The Bertz CT molecular complexity index is 717. The number of benzene rings is 2. The molecule has 0 fully saturated rings. The standard InChI is InChI=1S/C16H12N2O2.C3H8.C2H6/c17-13-8-6-11(7-9-13)10-14-16(19)20-15(18-14)12-4-2-1-3-5-12;1-3-2;1-2/h1-10H,17H2;3H2,1-2H3;1-2H3/b14-10+;;. The van der Waals surface area contributed by atoms with Gasteiger partial charge in [0.25, 0.3) is 0 Å². The molecule has 0 saturated carbocycles. The second-order valence-corrected chi connectivity index (χ2v) is 5.08. The Hall–Kier alpha value is -2.88. The van der Waals surface area contributed by atoms with Gasteiger partial charge < -0.3 is 10.5 Å². The summed E-state index contributed by atoms with van der Waals surface area (Å²) in [6.45, 7) is 8.25. The van der Waals surface area contributed by atoms with Crippen LogP contribution < -0.4 is 5.73 Å². The highest BCUT2D eigenvalue weighted by Crippen LogP contribution is 2.19. The Balaban J connectivity index is 0.000000567. The lowest BCUT2D eigenvalue weighted by atomic mass is 10.2. The SMILES string of the molecule is CC.CCC.Nc1ccc(/C=C2/N=C(c3ccccc3)OC2=O)cc1. The zero-order valence-corrected chi connectivity index (χ0v) is 15.3. The molecule has 0 atom stereocenters. The lowest BCUT2D eigenvalue weighted by Gasteiger charge is -1.97. The minimum absolute atomic E-state index is 0.286. The van der Waals surface area contributed by atoms with Gasteiger partial charge in [-0.2, -0.15) is 0 Å². The van der Waals surface area contributed by atoms with Crippen molar-refractivity contribution in [3.8, 4) is 0 Å². The molecule has 0 amide bonds. The number of hydrogen-bond donors (Lipinski definition) is 1. The van der Waals surface area contributed by atoms with Crippen molar-refractivity contribution < 1.29 is 9.53 Å². The second kappa shape index (κ2) is 10.8. The van der Waals surface area contributed by atoms with Crippen LogP contribution in [0.4, 0.5) is 5.69 Å². The summed E-state index contributed by atoms with van der Waals surface area (Å²) in [6.07, 6.45) is 2.93. The van der Waals surface area contributed by atoms with Crippen molar-refractivity contribution in [2.45, 2.75) is 34.1 Å². The molecule has 0 saturated heterocycles. The minimum Gasteiger partial charge on any atom is -0.402 e. The van der Waals surface area contributed by atoms with E-state index in [-0.39, 0.29) is 5.70 Å². The van der Waals surface area contributed by atoms with Crippen LogP contribution in [0.2, 0.25) is 0 Å². The van der Waals surface area contributed by atoms with E-state index in [4.69, 9.17) is 10.5 Å². The molecule has 0 spiro atoms. The molecule has 132 valence electrons. The predicted octanol–water partition coefficient (Wildman–Crippen LogP) is 5.06. The predicted molar refractivity (Wildman–Crippen MR) is 105 cm³/mol. The minimum atomic E-state index is -0.444. The molecule has 0 aliphatic carbocycles. The molecule has 0 bridgehead atoms. The van der Waals surface area contributed by atoms with E-state index in [1.54, 1.807) is 18.2 Å². The molecular weight excluding hydrogens is 312 g/mol. The van der Waals surface area contributed by atoms with Gasteiger partial charge >= 0.3 is 5.97 Å². The van der Waals surface area contributed by atoms with Crippen LogP contribution >= 0.6 is 0 Å². The van der Waals surface area contributed by atoms with Crippen LogP contribution in [0.25, 0.3) is 6.08 Å². The molecule has 0 unspecified atom stereocenters. The highest BCUT2D eigenvalue weighted by atomic mass is 16.6. The summed E-state index contributed by atoms with van der Waals surface area (Å²) in [6, 6.07) is 16.5. The molecule has 3 rings (SSSR count). The number of ether oxygens (including phenoxy) is 1. The molecule has 2 aromatic rings. The highest BCUT2D eigenvalue weighted by Gasteiger charge is 2.23. The van der Waals surface area contributed by atoms with Gasteiger partial charge in [0.05, 0.1) is 0 Å². The summed E-state index contributed by atoms with van der Waals surface area (Å²) >= 11 is 0. The van der Waals surface area contributed by atoms with Gasteiger partial charge in [-0.15, -0.1) is 0 Å². The van der Waals surface area contributed by atoms with Crippen LogP contribution in [0.3, 0.4) is 0 Å². The first-order valence-electron chi connectivity index (χ1n) is 8.57. The summed E-state index contributed by atoms with van der Waals surface area (Å²) in [7, 11) is 0. The normalized spacial score (nSPS) is 13.8. The first-order valence-corrected chi connectivity index (χ1v) is 8.57. The molecule has 4 heteroatoms. The summed E-state index contributed by atoms with van der Waals surface area (Å²) in [5.41, 5.74) is 8.21. The first kappa shape index (κ1) is 20.2. The number of aliphatic imine (C=N–C) groups is 1. The fraction of sp³-hybridized carbons (Fsp3) is 0.238. The number of nitrogen functional groups attached to an aromatic ring is 1. The van der Waals surface area contributed by atoms with Gasteiger partial charge in [0, 0.05) is 11.3 Å². The Kier molecular flexibility index (Phi) is 8.72. The van der Waals surface area contributed by atoms with Crippen molar-refractivity contribution in [2.24, 2.45) is 4.99 Å². The Labute approximate surface area is 150 Å². The molecule has 1 heterocycles. The molecule has 2 aromatic carbocycles. The van der Waals surface area contributed by atoms with Gasteiger partial charge in [-0.05, 0) is 35.9 Å². The fourth-order valence-electron chi connectivity index (χ4n) is 1.86. The maximum Gasteiger partial charge on any atom is 0.363 e. The molecule has 4 nitrogen and oxygen atoms in total. The van der Waals surface area contributed by atoms with Crippen LogP contribution in [0.1, 0.15) is 45.2 Å². The van der Waals surface area contributed by atoms with Gasteiger partial charge in [-0.1, -0.05) is 64.4 Å². The summed E-state index contributed by atoms with van der Waals surface area (Å²) in [5.74, 6) is -0.113. The lowest BCUT2D eigenvalue weighted by Crippen LogP contribution is -2.04. The van der Waals surface area contributed by atoms with Crippen molar-refractivity contribution in [1.29, 1.82) is 0 Å². The van der Waals surface area contributed by atoms with Crippen molar-refractivity contribution in [3.05, 3.63) is 71.4 Å². The van der Waals surface area contributed by atoms with E-state index < -0.39 is 5.97 Å². The average molecular weight is 338 g/mol. The highest BCUT2D eigenvalue weighted by molar-refractivity contribution is 6.12. The van der Waals surface area contributed by atoms with Gasteiger partial charge in [-0.3, -0.25) is 0 Å². The number of nitrogens with two attached hydrogens (primary N) is 1. The number of carbonyl (C=O) groups excluding carboxylic acids is 1. The molecule has 0 radical (unpaired) electrons. The molecule has 1 aliphatic heterocycles. The summed E-state index contributed by atoms with van der Waals surface area (Å²) in [5, 5.41) is 0. The first-order chi connectivity index (χ1) is 12.1. The van der Waals surface area contributed by atoms with Crippen molar-refractivity contribution >= 4 is 23.6 Å². The Morgan fingerprint density at radius 3 is 2.12 bits per heavy atom. The van der Waals surface area contributed by atoms with Crippen molar-refractivity contribution in [1.82, 2.24) is 0 Å². The van der Waals surface area contributed by atoms with E-state index in [0.717, 1.165) is 11.1 Å². The number of carbonyl (C=O) groups is 1. The number of esters is 1. The molecular formula is C21H26N2O2. The molecule has 2 N–H and O–H groups in total. The fourth-order valence-corrected chi connectivity index (χ4v) is 1.86. The third kappa shape index (κ3) is 6.26. The van der Waals surface area contributed by atoms with E-state index in [1.807, 2.05) is 56.3 Å². The number of anilines is 1. The van der Waals surface area contributed by atoms with Crippen LogP contribution in [-0.4, -0.2) is 11.9 Å². The number of rotatable bonds is 2. The average Bonchev–Trinajstić information content (AvgIpc) is 3.01. The van der Waals surface area contributed by atoms with Gasteiger partial charge in [0.15, 0.2) is 5.70 Å². The molecule has 25 heavy (non-hydrogen) atoms. The monoisotopic (exact) mass is 338 g/mol. The van der Waals surface area contributed by atoms with Gasteiger partial charge in [0.2, 0.25) is 5.90 Å². The van der Waals surface area contributed by atoms with E-state index >= 15 is 0 Å². The van der Waals surface area contributed by atoms with E-state index in [2.05, 4.69) is 18.8 Å². The topological polar surface area (TPSA) is 64.7 Å². The van der Waals surface area contributed by atoms with E-state index in [9.17, 15) is 4.79 Å². The maximum atomic E-state index is 11.8. The zero-order chi connectivity index (χ0) is 18.7. The third-order valence-corrected chi connectivity index (χ3v) is 2.88. The van der Waals surface area contributed by atoms with E-state index in [0.29, 0.717) is 11.6 Å². The largest absolute Gasteiger partial charge is 0.402 e. The van der Waals surface area contributed by atoms with Crippen LogP contribution in [-0.2, 0) is 9.53 Å². The number of nitrogens with zero attached hydrogens (tertiary/aromatic N) is 1. The van der Waals surface area contributed by atoms with E-state index in [1.165, 1.54) is 6.42 Å². The smallest absolute Gasteiger partial charge is 0.363 e. The summed E-state index contributed by atoms with van der Waals surface area (Å²) < 4.78 is 5.17. The Morgan fingerprint density at radius 2 is 1.56 bits per heavy atom. The zero-order valence-electron chi connectivity index (χ0n) is 15.3. The van der Waals surface area contributed by atoms with Gasteiger partial charge in [-0.25, -0.2) is 9.79 Å². The van der Waals surface area contributed by atoms with Crippen LogP contribution in [0.5, 0.6) is 0 Å². The quantitative estimate of drug-likeness (QED) is 0.473. The van der Waals surface area contributed by atoms with Crippen molar-refractivity contribution in [2.75, 3.05) is 5.73 Å². The maximum absolute atomic E-state index is 11.8. The number of hydrogen-bond acceptors (Lipinski definition) is 4. The number of cyclic esters (lactones) is 1. The Morgan fingerprint density at radius 1 is 1.00 bits per heavy atom. The third-order valence-electron chi connectivity index (χ3n) is 2.88. The van der Waals surface area contributed by atoms with Crippen LogP contribution in [0, 0.1) is 0 Å². The molecule has 0 aromatic heterocycles. The van der Waals surface area contributed by atoms with Crippen molar-refractivity contribution in [3.63, 3.8) is 0 Å².